The van der Waals surface area contributed by atoms with Gasteiger partial charge in [-0.05, 0) is 44.0 Å². The molecule has 1 aliphatic rings. The topological polar surface area (TPSA) is 47.3 Å². The summed E-state index contributed by atoms with van der Waals surface area (Å²) in [5.41, 5.74) is 1.72. The molecule has 2 heterocycles. The Morgan fingerprint density at radius 1 is 1.50 bits per heavy atom. The molecule has 1 unspecified atom stereocenters. The van der Waals surface area contributed by atoms with Gasteiger partial charge in [-0.3, -0.25) is 0 Å². The van der Waals surface area contributed by atoms with Gasteiger partial charge in [0.2, 0.25) is 0 Å². The zero-order valence-electron chi connectivity index (χ0n) is 10.6. The number of nitrogens with one attached hydrogen (secondary N) is 1. The molecule has 1 aromatic heterocycles. The number of methoxy groups -OCH3 is 1. The van der Waals surface area contributed by atoms with E-state index in [0.29, 0.717) is 5.92 Å². The highest BCUT2D eigenvalue weighted by Crippen LogP contribution is 2.23. The summed E-state index contributed by atoms with van der Waals surface area (Å²) in [5.74, 6) is 2.31. The number of benzene rings is 1. The predicted octanol–water partition coefficient (Wildman–Crippen LogP) is 2.38. The summed E-state index contributed by atoms with van der Waals surface area (Å²) in [5, 5.41) is 3.42. The van der Waals surface area contributed by atoms with E-state index >= 15 is 0 Å². The van der Waals surface area contributed by atoms with Gasteiger partial charge in [0.1, 0.15) is 11.3 Å². The number of nitrogens with zero attached hydrogens (tertiary/aromatic N) is 1. The molecule has 1 fully saturated rings. The lowest BCUT2D eigenvalue weighted by Crippen LogP contribution is -2.30. The molecule has 0 bridgehead atoms. The number of piperidine rings is 1. The van der Waals surface area contributed by atoms with E-state index in [0.717, 1.165) is 42.3 Å². The lowest BCUT2D eigenvalue weighted by atomic mass is 9.96. The number of hydrogen-bond acceptors (Lipinski definition) is 4. The van der Waals surface area contributed by atoms with Crippen LogP contribution < -0.4 is 10.1 Å². The van der Waals surface area contributed by atoms with Gasteiger partial charge in [-0.1, -0.05) is 0 Å². The molecule has 0 amide bonds. The van der Waals surface area contributed by atoms with Crippen molar-refractivity contribution in [3.8, 4) is 5.75 Å². The average Bonchev–Trinajstić information content (AvgIpc) is 2.80. The summed E-state index contributed by atoms with van der Waals surface area (Å²) >= 11 is 0. The van der Waals surface area contributed by atoms with Crippen LogP contribution in [-0.2, 0) is 6.42 Å². The molecule has 96 valence electrons. The van der Waals surface area contributed by atoms with Crippen LogP contribution in [0.1, 0.15) is 18.7 Å². The minimum Gasteiger partial charge on any atom is -0.497 e. The standard InChI is InChI=1S/C14H18N2O2/c1-17-11-4-5-13-12(8-11)16-14(18-13)7-10-3-2-6-15-9-10/h4-5,8,10,15H,2-3,6-7,9H2,1H3. The molecule has 0 saturated carbocycles. The van der Waals surface area contributed by atoms with Gasteiger partial charge in [0, 0.05) is 12.5 Å². The first-order chi connectivity index (χ1) is 8.85. The zero-order valence-corrected chi connectivity index (χ0v) is 10.6. The maximum Gasteiger partial charge on any atom is 0.195 e. The molecule has 2 aromatic rings. The van der Waals surface area contributed by atoms with E-state index in [1.165, 1.54) is 12.8 Å². The fourth-order valence-corrected chi connectivity index (χ4v) is 2.51. The van der Waals surface area contributed by atoms with Crippen molar-refractivity contribution in [3.63, 3.8) is 0 Å². The smallest absolute Gasteiger partial charge is 0.195 e. The molecule has 1 aromatic carbocycles. The highest BCUT2D eigenvalue weighted by Gasteiger charge is 2.16. The molecule has 18 heavy (non-hydrogen) atoms. The first kappa shape index (κ1) is 11.5. The van der Waals surface area contributed by atoms with E-state index in [1.807, 2.05) is 18.2 Å². The molecule has 0 aliphatic carbocycles. The molecular weight excluding hydrogens is 228 g/mol. The van der Waals surface area contributed by atoms with Gasteiger partial charge in [0.25, 0.3) is 0 Å². The van der Waals surface area contributed by atoms with Gasteiger partial charge in [-0.25, -0.2) is 4.98 Å². The lowest BCUT2D eigenvalue weighted by Gasteiger charge is -2.21. The number of ether oxygens (including phenoxy) is 1. The Balaban J connectivity index is 1.79. The summed E-state index contributed by atoms with van der Waals surface area (Å²) in [6, 6.07) is 5.74. The maximum absolute atomic E-state index is 5.78. The third kappa shape index (κ3) is 2.34. The zero-order chi connectivity index (χ0) is 12.4. The van der Waals surface area contributed by atoms with Crippen LogP contribution in [0, 0.1) is 5.92 Å². The summed E-state index contributed by atoms with van der Waals surface area (Å²) < 4.78 is 11.0. The Bertz CT molecular complexity index is 530. The second-order valence-electron chi connectivity index (χ2n) is 4.86. The normalized spacial score (nSPS) is 20.2. The molecule has 1 saturated heterocycles. The van der Waals surface area contributed by atoms with E-state index in [-0.39, 0.29) is 0 Å². The number of aromatic nitrogens is 1. The average molecular weight is 246 g/mol. The fourth-order valence-electron chi connectivity index (χ4n) is 2.51. The van der Waals surface area contributed by atoms with Crippen molar-refractivity contribution in [3.05, 3.63) is 24.1 Å². The van der Waals surface area contributed by atoms with E-state index in [2.05, 4.69) is 10.3 Å². The summed E-state index contributed by atoms with van der Waals surface area (Å²) in [6.07, 6.45) is 3.43. The monoisotopic (exact) mass is 246 g/mol. The summed E-state index contributed by atoms with van der Waals surface area (Å²) in [7, 11) is 1.66. The third-order valence-corrected chi connectivity index (χ3v) is 3.50. The van der Waals surface area contributed by atoms with Gasteiger partial charge < -0.3 is 14.5 Å². The van der Waals surface area contributed by atoms with Gasteiger partial charge in [-0.2, -0.15) is 0 Å². The predicted molar refractivity (Wildman–Crippen MR) is 69.9 cm³/mol. The van der Waals surface area contributed by atoms with Crippen molar-refractivity contribution >= 4 is 11.1 Å². The van der Waals surface area contributed by atoms with Gasteiger partial charge in [-0.15, -0.1) is 0 Å². The Labute approximate surface area is 106 Å². The van der Waals surface area contributed by atoms with Crippen LogP contribution in [-0.4, -0.2) is 25.2 Å². The Kier molecular flexibility index (Phi) is 3.19. The van der Waals surface area contributed by atoms with Crippen LogP contribution in [0.2, 0.25) is 0 Å². The largest absolute Gasteiger partial charge is 0.497 e. The minimum absolute atomic E-state index is 0.647. The highest BCUT2D eigenvalue weighted by atomic mass is 16.5. The number of rotatable bonds is 3. The molecule has 1 aliphatic heterocycles. The van der Waals surface area contributed by atoms with Gasteiger partial charge >= 0.3 is 0 Å². The van der Waals surface area contributed by atoms with Crippen molar-refractivity contribution in [1.29, 1.82) is 0 Å². The van der Waals surface area contributed by atoms with Crippen LogP contribution >= 0.6 is 0 Å². The fraction of sp³-hybridized carbons (Fsp3) is 0.500. The molecule has 4 nitrogen and oxygen atoms in total. The third-order valence-electron chi connectivity index (χ3n) is 3.50. The van der Waals surface area contributed by atoms with E-state index in [9.17, 15) is 0 Å². The Morgan fingerprint density at radius 2 is 2.44 bits per heavy atom. The Hall–Kier alpha value is -1.55. The molecule has 0 spiro atoms. The van der Waals surface area contributed by atoms with Gasteiger partial charge in [0.15, 0.2) is 11.5 Å². The molecule has 3 rings (SSSR count). The first-order valence-corrected chi connectivity index (χ1v) is 6.49. The highest BCUT2D eigenvalue weighted by molar-refractivity contribution is 5.74. The molecule has 1 atom stereocenters. The van der Waals surface area contributed by atoms with Crippen molar-refractivity contribution in [2.24, 2.45) is 5.92 Å². The Morgan fingerprint density at radius 3 is 3.22 bits per heavy atom. The second-order valence-corrected chi connectivity index (χ2v) is 4.86. The van der Waals surface area contributed by atoms with E-state index < -0.39 is 0 Å². The van der Waals surface area contributed by atoms with Crippen LogP contribution in [0.5, 0.6) is 5.75 Å². The lowest BCUT2D eigenvalue weighted by molar-refractivity contribution is 0.349. The van der Waals surface area contributed by atoms with E-state index in [4.69, 9.17) is 9.15 Å². The first-order valence-electron chi connectivity index (χ1n) is 6.49. The molecule has 0 radical (unpaired) electrons. The van der Waals surface area contributed by atoms with Crippen LogP contribution in [0.4, 0.5) is 0 Å². The minimum atomic E-state index is 0.647. The van der Waals surface area contributed by atoms with Crippen LogP contribution in [0.25, 0.3) is 11.1 Å². The number of fused-ring (bicyclic) bond motifs is 1. The van der Waals surface area contributed by atoms with Crippen LogP contribution in [0.15, 0.2) is 22.6 Å². The van der Waals surface area contributed by atoms with Crippen molar-refractivity contribution in [2.45, 2.75) is 19.3 Å². The van der Waals surface area contributed by atoms with Crippen molar-refractivity contribution in [2.75, 3.05) is 20.2 Å². The number of hydrogen-bond donors (Lipinski definition) is 1. The SMILES string of the molecule is COc1ccc2oc(CC3CCCNC3)nc2c1. The summed E-state index contributed by atoms with van der Waals surface area (Å²) in [4.78, 5) is 4.54. The maximum atomic E-state index is 5.78. The summed E-state index contributed by atoms with van der Waals surface area (Å²) in [6.45, 7) is 2.21. The van der Waals surface area contributed by atoms with Crippen molar-refractivity contribution < 1.29 is 9.15 Å². The van der Waals surface area contributed by atoms with Gasteiger partial charge in [0.05, 0.1) is 7.11 Å². The number of oxazole rings is 1. The quantitative estimate of drug-likeness (QED) is 0.903. The van der Waals surface area contributed by atoms with Crippen molar-refractivity contribution in [1.82, 2.24) is 10.3 Å². The molecule has 1 N–H and O–H groups in total. The molecular formula is C14H18N2O2. The van der Waals surface area contributed by atoms with E-state index in [1.54, 1.807) is 7.11 Å². The second kappa shape index (κ2) is 4.98. The van der Waals surface area contributed by atoms with Crippen LogP contribution in [0.3, 0.4) is 0 Å². The molecule has 4 heteroatoms.